The smallest absolute Gasteiger partial charge is 0.320 e. The highest BCUT2D eigenvalue weighted by molar-refractivity contribution is 5.93. The van der Waals surface area contributed by atoms with E-state index in [9.17, 15) is 14.7 Å². The minimum absolute atomic E-state index is 0.211. The van der Waals surface area contributed by atoms with Crippen LogP contribution in [0, 0.1) is 17.8 Å². The second-order valence-electron chi connectivity index (χ2n) is 6.85. The van der Waals surface area contributed by atoms with E-state index in [0.717, 1.165) is 31.1 Å². The first-order valence-electron chi connectivity index (χ1n) is 8.89. The minimum Gasteiger partial charge on any atom is -0.481 e. The van der Waals surface area contributed by atoms with Crippen LogP contribution >= 0.6 is 0 Å². The molecule has 1 rings (SSSR count). The molecular weight excluding hydrogens is 280 g/mol. The van der Waals surface area contributed by atoms with Crippen LogP contribution < -0.4 is 0 Å². The van der Waals surface area contributed by atoms with Gasteiger partial charge in [0, 0.05) is 0 Å². The van der Waals surface area contributed by atoms with Crippen LogP contribution in [-0.4, -0.2) is 23.1 Å². The van der Waals surface area contributed by atoms with Gasteiger partial charge in [-0.15, -0.1) is 0 Å². The largest absolute Gasteiger partial charge is 0.481 e. The number of hydrogen-bond acceptors (Lipinski definition) is 3. The third-order valence-corrected chi connectivity index (χ3v) is 5.08. The van der Waals surface area contributed by atoms with Gasteiger partial charge in [0.2, 0.25) is 0 Å². The molecular formula is C18H32O4. The number of esters is 1. The summed E-state index contributed by atoms with van der Waals surface area (Å²) >= 11 is 0. The Labute approximate surface area is 134 Å². The summed E-state index contributed by atoms with van der Waals surface area (Å²) in [6.07, 6.45) is 9.21. The van der Waals surface area contributed by atoms with E-state index in [1.807, 2.05) is 6.92 Å². The van der Waals surface area contributed by atoms with Crippen LogP contribution in [0.25, 0.3) is 0 Å². The van der Waals surface area contributed by atoms with E-state index in [1.165, 1.54) is 25.7 Å². The fraction of sp³-hybridized carbons (Fsp3) is 0.889. The standard InChI is InChI=1S/C18H32O4/c1-4-14(3)22-18(21)16(17(19)20)12-8-5-9-13(2)15-10-6-7-11-15/h13-16H,4-12H2,1-3H3,(H,19,20). The van der Waals surface area contributed by atoms with Crippen molar-refractivity contribution in [1.82, 2.24) is 0 Å². The highest BCUT2D eigenvalue weighted by Crippen LogP contribution is 2.33. The molecule has 0 aromatic heterocycles. The zero-order valence-corrected chi connectivity index (χ0v) is 14.3. The second-order valence-corrected chi connectivity index (χ2v) is 6.85. The average Bonchev–Trinajstić information content (AvgIpc) is 3.00. The fourth-order valence-corrected chi connectivity index (χ4v) is 3.28. The first kappa shape index (κ1) is 19.0. The van der Waals surface area contributed by atoms with Gasteiger partial charge >= 0.3 is 11.9 Å². The average molecular weight is 312 g/mol. The number of unbranched alkanes of at least 4 members (excludes halogenated alkanes) is 1. The van der Waals surface area contributed by atoms with Gasteiger partial charge in [-0.3, -0.25) is 9.59 Å². The molecule has 0 spiro atoms. The Morgan fingerprint density at radius 3 is 2.27 bits per heavy atom. The first-order chi connectivity index (χ1) is 10.5. The molecule has 1 fully saturated rings. The maximum absolute atomic E-state index is 11.9. The molecule has 1 aliphatic rings. The summed E-state index contributed by atoms with van der Waals surface area (Å²) in [5.74, 6) is -1.07. The van der Waals surface area contributed by atoms with Gasteiger partial charge in [-0.05, 0) is 31.6 Å². The van der Waals surface area contributed by atoms with E-state index < -0.39 is 17.9 Å². The third kappa shape index (κ3) is 6.37. The Hall–Kier alpha value is -1.06. The van der Waals surface area contributed by atoms with Crippen molar-refractivity contribution >= 4 is 11.9 Å². The summed E-state index contributed by atoms with van der Waals surface area (Å²) in [7, 11) is 0. The van der Waals surface area contributed by atoms with Crippen LogP contribution in [-0.2, 0) is 14.3 Å². The van der Waals surface area contributed by atoms with E-state index in [2.05, 4.69) is 6.92 Å². The molecule has 0 bridgehead atoms. The van der Waals surface area contributed by atoms with Gasteiger partial charge in [-0.2, -0.15) is 0 Å². The molecule has 128 valence electrons. The summed E-state index contributed by atoms with van der Waals surface area (Å²) in [5.41, 5.74) is 0. The molecule has 22 heavy (non-hydrogen) atoms. The van der Waals surface area contributed by atoms with Gasteiger partial charge in [0.05, 0.1) is 6.10 Å². The van der Waals surface area contributed by atoms with E-state index in [4.69, 9.17) is 4.74 Å². The number of carboxylic acids is 1. The molecule has 1 aliphatic carbocycles. The molecule has 0 aromatic carbocycles. The highest BCUT2D eigenvalue weighted by Gasteiger charge is 2.28. The molecule has 0 saturated heterocycles. The summed E-state index contributed by atoms with van der Waals surface area (Å²) in [6, 6.07) is 0. The van der Waals surface area contributed by atoms with E-state index in [1.54, 1.807) is 6.92 Å². The van der Waals surface area contributed by atoms with Crippen molar-refractivity contribution in [3.63, 3.8) is 0 Å². The predicted octanol–water partition coefficient (Wildman–Crippen LogP) is 4.42. The van der Waals surface area contributed by atoms with Crippen LogP contribution in [0.3, 0.4) is 0 Å². The number of ether oxygens (including phenoxy) is 1. The number of rotatable bonds is 10. The van der Waals surface area contributed by atoms with Crippen LogP contribution in [0.4, 0.5) is 0 Å². The summed E-state index contributed by atoms with van der Waals surface area (Å²) < 4.78 is 5.16. The van der Waals surface area contributed by atoms with E-state index in [0.29, 0.717) is 12.8 Å². The van der Waals surface area contributed by atoms with Gasteiger partial charge in [0.1, 0.15) is 0 Å². The molecule has 0 amide bonds. The Morgan fingerprint density at radius 2 is 1.73 bits per heavy atom. The molecule has 0 aromatic rings. The number of hydrogen-bond donors (Lipinski definition) is 1. The summed E-state index contributed by atoms with van der Waals surface area (Å²) in [5, 5.41) is 9.21. The fourth-order valence-electron chi connectivity index (χ4n) is 3.28. The monoisotopic (exact) mass is 312 g/mol. The molecule has 0 radical (unpaired) electrons. The molecule has 4 heteroatoms. The molecule has 4 nitrogen and oxygen atoms in total. The molecule has 1 saturated carbocycles. The number of carbonyl (C=O) groups is 2. The second kappa shape index (κ2) is 9.86. The zero-order chi connectivity index (χ0) is 16.5. The number of carboxylic acid groups (broad SMARTS) is 1. The number of aliphatic carboxylic acids is 1. The Morgan fingerprint density at radius 1 is 1.14 bits per heavy atom. The van der Waals surface area contributed by atoms with Crippen LogP contribution in [0.1, 0.15) is 78.6 Å². The van der Waals surface area contributed by atoms with Crippen LogP contribution in [0.2, 0.25) is 0 Å². The normalized spacial score (nSPS) is 19.6. The zero-order valence-electron chi connectivity index (χ0n) is 14.3. The lowest BCUT2D eigenvalue weighted by atomic mass is 9.87. The van der Waals surface area contributed by atoms with E-state index in [-0.39, 0.29) is 6.10 Å². The van der Waals surface area contributed by atoms with Crippen LogP contribution in [0.5, 0.6) is 0 Å². The Bertz CT molecular complexity index is 347. The summed E-state index contributed by atoms with van der Waals surface area (Å²) in [6.45, 7) is 6.01. The lowest BCUT2D eigenvalue weighted by Crippen LogP contribution is -2.28. The SMILES string of the molecule is CCC(C)OC(=O)C(CCCCC(C)C1CCCC1)C(=O)O. The van der Waals surface area contributed by atoms with Gasteiger partial charge in [0.15, 0.2) is 5.92 Å². The third-order valence-electron chi connectivity index (χ3n) is 5.08. The van der Waals surface area contributed by atoms with Gasteiger partial charge in [0.25, 0.3) is 0 Å². The Kier molecular flexibility index (Phi) is 8.51. The molecule has 0 heterocycles. The van der Waals surface area contributed by atoms with E-state index >= 15 is 0 Å². The first-order valence-corrected chi connectivity index (χ1v) is 8.89. The molecule has 3 atom stereocenters. The lowest BCUT2D eigenvalue weighted by Gasteiger charge is -2.19. The molecule has 0 aliphatic heterocycles. The van der Waals surface area contributed by atoms with Crippen molar-refractivity contribution in [3.8, 4) is 0 Å². The Balaban J connectivity index is 2.29. The van der Waals surface area contributed by atoms with Gasteiger partial charge in [-0.25, -0.2) is 0 Å². The van der Waals surface area contributed by atoms with Crippen molar-refractivity contribution in [2.75, 3.05) is 0 Å². The van der Waals surface area contributed by atoms with Crippen molar-refractivity contribution in [2.45, 2.75) is 84.7 Å². The van der Waals surface area contributed by atoms with Gasteiger partial charge < -0.3 is 9.84 Å². The maximum atomic E-state index is 11.9. The van der Waals surface area contributed by atoms with Gasteiger partial charge in [-0.1, -0.05) is 58.8 Å². The topological polar surface area (TPSA) is 63.6 Å². The lowest BCUT2D eigenvalue weighted by molar-refractivity contribution is -0.162. The number of carbonyl (C=O) groups excluding carboxylic acids is 1. The quantitative estimate of drug-likeness (QED) is 0.368. The van der Waals surface area contributed by atoms with Crippen molar-refractivity contribution in [2.24, 2.45) is 17.8 Å². The van der Waals surface area contributed by atoms with Crippen molar-refractivity contribution in [1.29, 1.82) is 0 Å². The predicted molar refractivity (Wildman–Crippen MR) is 86.6 cm³/mol. The molecule has 1 N–H and O–H groups in total. The van der Waals surface area contributed by atoms with Crippen LogP contribution in [0.15, 0.2) is 0 Å². The van der Waals surface area contributed by atoms with Crippen molar-refractivity contribution < 1.29 is 19.4 Å². The molecule has 3 unspecified atom stereocenters. The van der Waals surface area contributed by atoms with Crippen molar-refractivity contribution in [3.05, 3.63) is 0 Å². The minimum atomic E-state index is -1.06. The maximum Gasteiger partial charge on any atom is 0.320 e. The summed E-state index contributed by atoms with van der Waals surface area (Å²) in [4.78, 5) is 23.1. The highest BCUT2D eigenvalue weighted by atomic mass is 16.5.